The second kappa shape index (κ2) is 14.6. The molecule has 0 saturated heterocycles. The van der Waals surface area contributed by atoms with Crippen LogP contribution in [0.5, 0.6) is 5.75 Å². The van der Waals surface area contributed by atoms with Crippen LogP contribution in [0.25, 0.3) is 0 Å². The standard InChI is InChI=1S/C28H25ClF7N3O5/c29-19-6-7-22(37-14-19)27(13-17-4-2-1-3-5-17,18-10-20(30)12-21(11-18)44-28(35,36)24(31)32)39-25(42)38-15-26(33,34)16-43-9-8-23(40)41/h1-7,10-12,14,24H,8-9,13,15-16H2,(H,40,41)(H2,38,39,42). The molecule has 8 nitrogen and oxygen atoms in total. The highest BCUT2D eigenvalue weighted by Crippen LogP contribution is 2.37. The normalized spacial score (nSPS) is 13.3. The second-order valence-electron chi connectivity index (χ2n) is 9.43. The molecule has 3 rings (SSSR count). The molecule has 1 aromatic heterocycles. The summed E-state index contributed by atoms with van der Waals surface area (Å²) >= 11 is 5.97. The zero-order valence-electron chi connectivity index (χ0n) is 22.5. The molecular weight excluding hydrogens is 627 g/mol. The van der Waals surface area contributed by atoms with E-state index >= 15 is 0 Å². The monoisotopic (exact) mass is 651 g/mol. The van der Waals surface area contributed by atoms with Crippen LogP contribution < -0.4 is 15.4 Å². The number of carboxylic acids is 1. The Balaban J connectivity index is 2.05. The number of aromatic nitrogens is 1. The molecule has 2 amide bonds. The summed E-state index contributed by atoms with van der Waals surface area (Å²) in [6.45, 7) is -3.02. The number of hydrogen-bond acceptors (Lipinski definition) is 5. The number of carbonyl (C=O) groups excluding carboxylic acids is 1. The fraction of sp³-hybridized carbons (Fsp3) is 0.321. The minimum atomic E-state index is -5.01. The summed E-state index contributed by atoms with van der Waals surface area (Å²) in [4.78, 5) is 27.9. The van der Waals surface area contributed by atoms with Crippen LogP contribution in [0.15, 0.2) is 66.9 Å². The predicted octanol–water partition coefficient (Wildman–Crippen LogP) is 6.02. The number of aliphatic carboxylic acids is 1. The van der Waals surface area contributed by atoms with Crippen LogP contribution in [0.4, 0.5) is 35.5 Å². The van der Waals surface area contributed by atoms with E-state index in [2.05, 4.69) is 19.8 Å². The van der Waals surface area contributed by atoms with E-state index < -0.39 is 73.7 Å². The first-order valence-corrected chi connectivity index (χ1v) is 13.0. The van der Waals surface area contributed by atoms with Crippen molar-refractivity contribution in [3.63, 3.8) is 0 Å². The van der Waals surface area contributed by atoms with Gasteiger partial charge in [0.15, 0.2) is 0 Å². The second-order valence-corrected chi connectivity index (χ2v) is 9.87. The van der Waals surface area contributed by atoms with Crippen molar-refractivity contribution in [1.29, 1.82) is 0 Å². The zero-order valence-corrected chi connectivity index (χ0v) is 23.3. The van der Waals surface area contributed by atoms with Gasteiger partial charge in [0.25, 0.3) is 5.92 Å². The van der Waals surface area contributed by atoms with Gasteiger partial charge in [-0.15, -0.1) is 0 Å². The molecule has 0 radical (unpaired) electrons. The van der Waals surface area contributed by atoms with E-state index in [0.717, 1.165) is 18.3 Å². The molecular formula is C28H25ClF7N3O5. The predicted molar refractivity (Wildman–Crippen MR) is 143 cm³/mol. The number of nitrogens with zero attached hydrogens (tertiary/aromatic N) is 1. The smallest absolute Gasteiger partial charge is 0.461 e. The van der Waals surface area contributed by atoms with E-state index in [-0.39, 0.29) is 22.7 Å². The van der Waals surface area contributed by atoms with Crippen molar-refractivity contribution in [3.8, 4) is 5.75 Å². The average Bonchev–Trinajstić information content (AvgIpc) is 2.94. The number of pyridine rings is 1. The van der Waals surface area contributed by atoms with Crippen LogP contribution in [0, 0.1) is 5.82 Å². The minimum Gasteiger partial charge on any atom is -0.481 e. The van der Waals surface area contributed by atoms with E-state index in [1.807, 2.05) is 5.32 Å². The lowest BCUT2D eigenvalue weighted by Crippen LogP contribution is -2.54. The summed E-state index contributed by atoms with van der Waals surface area (Å²) in [5, 5.41) is 13.1. The van der Waals surface area contributed by atoms with Crippen molar-refractivity contribution in [3.05, 3.63) is 94.5 Å². The Hall–Kier alpha value is -4.11. The van der Waals surface area contributed by atoms with Gasteiger partial charge in [-0.2, -0.15) is 17.6 Å². The molecule has 0 fully saturated rings. The lowest BCUT2D eigenvalue weighted by Gasteiger charge is -2.36. The number of alkyl halides is 6. The van der Waals surface area contributed by atoms with Gasteiger partial charge in [-0.05, 0) is 35.4 Å². The number of carboxylic acid groups (broad SMARTS) is 1. The SMILES string of the molecule is O=C(O)CCOCC(F)(F)CNC(=O)NC(Cc1ccccc1)(c1cc(F)cc(OC(F)(F)C(F)F)c1)c1ccc(Cl)cn1. The Morgan fingerprint density at radius 2 is 1.73 bits per heavy atom. The molecule has 44 heavy (non-hydrogen) atoms. The van der Waals surface area contributed by atoms with Gasteiger partial charge in [-0.1, -0.05) is 41.9 Å². The number of hydrogen-bond donors (Lipinski definition) is 3. The van der Waals surface area contributed by atoms with Crippen molar-refractivity contribution in [2.75, 3.05) is 19.8 Å². The third-order valence-electron chi connectivity index (χ3n) is 5.96. The van der Waals surface area contributed by atoms with E-state index in [1.165, 1.54) is 12.1 Å². The van der Waals surface area contributed by atoms with E-state index in [9.17, 15) is 40.3 Å². The first kappa shape index (κ1) is 34.4. The molecule has 0 aliphatic carbocycles. The molecule has 238 valence electrons. The minimum absolute atomic E-state index is 0.0677. The Kier molecular flexibility index (Phi) is 11.4. The zero-order chi connectivity index (χ0) is 32.5. The molecule has 3 aromatic rings. The molecule has 0 bridgehead atoms. The Morgan fingerprint density at radius 1 is 1.02 bits per heavy atom. The van der Waals surface area contributed by atoms with Gasteiger partial charge >= 0.3 is 24.5 Å². The number of rotatable bonds is 15. The van der Waals surface area contributed by atoms with Crippen molar-refractivity contribution >= 4 is 23.6 Å². The Labute approximate surface area is 251 Å². The van der Waals surface area contributed by atoms with Gasteiger partial charge in [-0.3, -0.25) is 9.78 Å². The summed E-state index contributed by atoms with van der Waals surface area (Å²) in [5.41, 5.74) is -1.94. The third-order valence-corrected chi connectivity index (χ3v) is 6.18. The molecule has 2 aromatic carbocycles. The fourth-order valence-electron chi connectivity index (χ4n) is 4.00. The van der Waals surface area contributed by atoms with Gasteiger partial charge < -0.3 is 25.2 Å². The molecule has 1 unspecified atom stereocenters. The van der Waals surface area contributed by atoms with Crippen LogP contribution in [0.3, 0.4) is 0 Å². The lowest BCUT2D eigenvalue weighted by atomic mass is 9.80. The number of urea groups is 1. The number of halogens is 8. The topological polar surface area (TPSA) is 110 Å². The molecule has 3 N–H and O–H groups in total. The average molecular weight is 652 g/mol. The van der Waals surface area contributed by atoms with Crippen LogP contribution in [0.2, 0.25) is 5.02 Å². The maximum Gasteiger partial charge on any atom is 0.461 e. The molecule has 0 saturated carbocycles. The molecule has 0 aliphatic rings. The summed E-state index contributed by atoms with van der Waals surface area (Å²) in [6.07, 6.45) is -8.92. The maximum absolute atomic E-state index is 14.9. The Bertz CT molecular complexity index is 1420. The van der Waals surface area contributed by atoms with Crippen molar-refractivity contribution in [1.82, 2.24) is 15.6 Å². The first-order valence-electron chi connectivity index (χ1n) is 12.7. The highest BCUT2D eigenvalue weighted by molar-refractivity contribution is 6.30. The molecule has 0 aliphatic heterocycles. The van der Waals surface area contributed by atoms with Crippen LogP contribution >= 0.6 is 11.6 Å². The highest BCUT2D eigenvalue weighted by atomic mass is 35.5. The summed E-state index contributed by atoms with van der Waals surface area (Å²) in [6, 6.07) is 11.5. The summed E-state index contributed by atoms with van der Waals surface area (Å²) < 4.78 is 106. The lowest BCUT2D eigenvalue weighted by molar-refractivity contribution is -0.253. The largest absolute Gasteiger partial charge is 0.481 e. The molecule has 1 atom stereocenters. The van der Waals surface area contributed by atoms with Crippen LogP contribution in [-0.4, -0.2) is 60.3 Å². The Morgan fingerprint density at radius 3 is 2.34 bits per heavy atom. The van der Waals surface area contributed by atoms with Crippen molar-refractivity contribution in [2.24, 2.45) is 0 Å². The van der Waals surface area contributed by atoms with Gasteiger partial charge in [-0.25, -0.2) is 18.0 Å². The summed E-state index contributed by atoms with van der Waals surface area (Å²) in [7, 11) is 0. The number of carbonyl (C=O) groups is 2. The quantitative estimate of drug-likeness (QED) is 0.137. The number of nitrogens with one attached hydrogen (secondary N) is 2. The van der Waals surface area contributed by atoms with Gasteiger partial charge in [0.1, 0.15) is 23.7 Å². The highest BCUT2D eigenvalue weighted by Gasteiger charge is 2.45. The number of ether oxygens (including phenoxy) is 2. The third kappa shape index (κ3) is 9.71. The number of benzene rings is 2. The summed E-state index contributed by atoms with van der Waals surface area (Å²) in [5.74, 6) is -7.16. The van der Waals surface area contributed by atoms with Crippen LogP contribution in [-0.2, 0) is 21.5 Å². The van der Waals surface area contributed by atoms with Crippen molar-refractivity contribution < 1.29 is 54.9 Å². The molecule has 1 heterocycles. The van der Waals surface area contributed by atoms with E-state index in [4.69, 9.17) is 16.7 Å². The fourth-order valence-corrected chi connectivity index (χ4v) is 4.11. The number of amides is 2. The first-order chi connectivity index (χ1) is 20.6. The van der Waals surface area contributed by atoms with Gasteiger partial charge in [0, 0.05) is 18.7 Å². The van der Waals surface area contributed by atoms with Crippen LogP contribution in [0.1, 0.15) is 23.2 Å². The van der Waals surface area contributed by atoms with Gasteiger partial charge in [0.05, 0.1) is 30.3 Å². The molecule has 0 spiro atoms. The molecule has 16 heteroatoms. The van der Waals surface area contributed by atoms with E-state index in [1.54, 1.807) is 30.3 Å². The van der Waals surface area contributed by atoms with Crippen molar-refractivity contribution in [2.45, 2.75) is 36.8 Å². The van der Waals surface area contributed by atoms with Gasteiger partial charge in [0.2, 0.25) is 0 Å². The maximum atomic E-state index is 14.9. The van der Waals surface area contributed by atoms with E-state index in [0.29, 0.717) is 11.6 Å².